The molecule has 0 radical (unpaired) electrons. The molecule has 2 N–H and O–H groups in total. The predicted octanol–water partition coefficient (Wildman–Crippen LogP) is 3.71. The summed E-state index contributed by atoms with van der Waals surface area (Å²) in [5.41, 5.74) is 1.99. The number of nitrogens with zero attached hydrogens (tertiary/aromatic N) is 1. The van der Waals surface area contributed by atoms with E-state index >= 15 is 0 Å². The number of benzene rings is 2. The lowest BCUT2D eigenvalue weighted by Gasteiger charge is -2.13. The minimum absolute atomic E-state index is 0.0671. The predicted molar refractivity (Wildman–Crippen MR) is 92.0 cm³/mol. The Hall–Kier alpha value is -3.16. The third-order valence-electron chi connectivity index (χ3n) is 3.78. The van der Waals surface area contributed by atoms with Crippen LogP contribution < -0.4 is 10.9 Å². The first-order chi connectivity index (χ1) is 12.1. The van der Waals surface area contributed by atoms with Crippen LogP contribution in [0.3, 0.4) is 0 Å². The maximum Gasteiger partial charge on any atom is 0.471 e. The van der Waals surface area contributed by atoms with Crippen LogP contribution in [0.25, 0.3) is 22.3 Å². The van der Waals surface area contributed by atoms with Crippen LogP contribution in [0, 0.1) is 13.8 Å². The van der Waals surface area contributed by atoms with Crippen LogP contribution in [0.4, 0.5) is 18.9 Å². The van der Waals surface area contributed by atoms with Crippen molar-refractivity contribution in [3.8, 4) is 11.3 Å². The number of rotatable bonds is 2. The van der Waals surface area contributed by atoms with E-state index in [-0.39, 0.29) is 16.9 Å². The van der Waals surface area contributed by atoms with Gasteiger partial charge in [0.05, 0.1) is 16.7 Å². The molecule has 0 bridgehead atoms. The second-order valence-corrected chi connectivity index (χ2v) is 5.94. The quantitative estimate of drug-likeness (QED) is 0.731. The zero-order valence-electron chi connectivity index (χ0n) is 13.9. The number of nitrogens with one attached hydrogen (secondary N) is 2. The van der Waals surface area contributed by atoms with E-state index in [0.29, 0.717) is 16.6 Å². The maximum absolute atomic E-state index is 12.6. The van der Waals surface area contributed by atoms with Crippen molar-refractivity contribution in [1.82, 2.24) is 9.97 Å². The molecule has 134 valence electrons. The van der Waals surface area contributed by atoms with E-state index in [1.54, 1.807) is 30.4 Å². The molecule has 0 saturated carbocycles. The van der Waals surface area contributed by atoms with Crippen LogP contribution in [0.5, 0.6) is 0 Å². The molecule has 0 aliphatic heterocycles. The van der Waals surface area contributed by atoms with Gasteiger partial charge in [-0.2, -0.15) is 13.2 Å². The van der Waals surface area contributed by atoms with Crippen LogP contribution >= 0.6 is 0 Å². The smallest absolute Gasteiger partial charge is 0.319 e. The fourth-order valence-electron chi connectivity index (χ4n) is 2.54. The molecule has 1 amide bonds. The Bertz CT molecular complexity index is 1070. The van der Waals surface area contributed by atoms with Gasteiger partial charge < -0.3 is 10.3 Å². The zero-order chi connectivity index (χ0) is 19.1. The normalized spacial score (nSPS) is 11.6. The van der Waals surface area contributed by atoms with Gasteiger partial charge in [-0.15, -0.1) is 0 Å². The number of carbonyl (C=O) groups excluding carboxylic acids is 1. The van der Waals surface area contributed by atoms with E-state index in [0.717, 1.165) is 5.56 Å². The number of aromatic amines is 1. The summed E-state index contributed by atoms with van der Waals surface area (Å²) < 4.78 is 37.7. The molecule has 3 aromatic rings. The fourth-order valence-corrected chi connectivity index (χ4v) is 2.54. The lowest BCUT2D eigenvalue weighted by molar-refractivity contribution is -0.167. The topological polar surface area (TPSA) is 74.8 Å². The van der Waals surface area contributed by atoms with Crippen molar-refractivity contribution >= 4 is 22.6 Å². The lowest BCUT2D eigenvalue weighted by Crippen LogP contribution is -2.30. The molecule has 5 nitrogen and oxygen atoms in total. The van der Waals surface area contributed by atoms with Crippen LogP contribution in [0.15, 0.2) is 41.2 Å². The molecule has 0 unspecified atom stereocenters. The van der Waals surface area contributed by atoms with Gasteiger partial charge in [-0.05, 0) is 43.7 Å². The number of carbonyl (C=O) groups is 1. The van der Waals surface area contributed by atoms with E-state index in [1.807, 2.05) is 6.92 Å². The van der Waals surface area contributed by atoms with Gasteiger partial charge in [0.15, 0.2) is 0 Å². The van der Waals surface area contributed by atoms with Crippen LogP contribution in [-0.2, 0) is 4.79 Å². The molecule has 8 heteroatoms. The highest BCUT2D eigenvalue weighted by atomic mass is 19.4. The number of aromatic nitrogens is 2. The Morgan fingerprint density at radius 1 is 1.08 bits per heavy atom. The van der Waals surface area contributed by atoms with Crippen LogP contribution in [0.2, 0.25) is 0 Å². The third-order valence-corrected chi connectivity index (χ3v) is 3.78. The monoisotopic (exact) mass is 361 g/mol. The van der Waals surface area contributed by atoms with Gasteiger partial charge in [0, 0.05) is 5.56 Å². The highest BCUT2D eigenvalue weighted by Crippen LogP contribution is 2.28. The van der Waals surface area contributed by atoms with Crippen molar-refractivity contribution in [3.63, 3.8) is 0 Å². The Morgan fingerprint density at radius 3 is 2.42 bits per heavy atom. The molecular weight excluding hydrogens is 347 g/mol. The Kier molecular flexibility index (Phi) is 4.27. The summed E-state index contributed by atoms with van der Waals surface area (Å²) in [4.78, 5) is 30.7. The Labute approximate surface area is 145 Å². The van der Waals surface area contributed by atoms with Crippen molar-refractivity contribution in [2.24, 2.45) is 0 Å². The van der Waals surface area contributed by atoms with Crippen molar-refractivity contribution in [3.05, 3.63) is 57.9 Å². The Balaban J connectivity index is 2.17. The molecule has 0 aliphatic carbocycles. The molecule has 2 aromatic carbocycles. The zero-order valence-corrected chi connectivity index (χ0v) is 13.9. The summed E-state index contributed by atoms with van der Waals surface area (Å²) in [5, 5.41) is 1.80. The molecule has 0 spiro atoms. The molecule has 0 saturated heterocycles. The Morgan fingerprint density at radius 2 is 1.73 bits per heavy atom. The molecule has 0 aliphatic rings. The summed E-state index contributed by atoms with van der Waals surface area (Å²) in [6.45, 7) is 3.58. The number of alkyl halides is 3. The van der Waals surface area contributed by atoms with Crippen molar-refractivity contribution in [1.29, 1.82) is 0 Å². The number of anilines is 1. The highest BCUT2D eigenvalue weighted by Gasteiger charge is 2.39. The summed E-state index contributed by atoms with van der Waals surface area (Å²) in [7, 11) is 0. The minimum atomic E-state index is -5.04. The molecular formula is C18H14F3N3O2. The number of hydrogen-bond donors (Lipinski definition) is 2. The van der Waals surface area contributed by atoms with Gasteiger partial charge in [-0.25, -0.2) is 4.98 Å². The summed E-state index contributed by atoms with van der Waals surface area (Å²) in [6.07, 6.45) is -5.04. The van der Waals surface area contributed by atoms with E-state index in [4.69, 9.17) is 0 Å². The number of hydrogen-bond acceptors (Lipinski definition) is 3. The van der Waals surface area contributed by atoms with Gasteiger partial charge in [0.2, 0.25) is 0 Å². The first-order valence-electron chi connectivity index (χ1n) is 7.65. The molecule has 3 rings (SSSR count). The van der Waals surface area contributed by atoms with Crippen LogP contribution in [-0.4, -0.2) is 22.1 Å². The largest absolute Gasteiger partial charge is 0.471 e. The molecule has 0 fully saturated rings. The number of amides is 1. The van der Waals surface area contributed by atoms with Gasteiger partial charge in [0.1, 0.15) is 5.69 Å². The molecule has 26 heavy (non-hydrogen) atoms. The second kappa shape index (κ2) is 6.29. The average Bonchev–Trinajstić information content (AvgIpc) is 2.55. The maximum atomic E-state index is 12.6. The average molecular weight is 361 g/mol. The summed E-state index contributed by atoms with van der Waals surface area (Å²) in [6, 6.07) is 9.61. The minimum Gasteiger partial charge on any atom is -0.319 e. The standard InChI is InChI=1S/C18H14F3N3O2/c1-9-3-5-12(24-17(26)18(19,20)21)11(7-9)15-16(25)23-14-8-10(2)4-6-13(14)22-15/h3-8H,1-2H3,(H,23,25)(H,24,26). The highest BCUT2D eigenvalue weighted by molar-refractivity contribution is 5.98. The first kappa shape index (κ1) is 17.7. The third kappa shape index (κ3) is 3.44. The molecule has 1 heterocycles. The lowest BCUT2D eigenvalue weighted by atomic mass is 10.1. The first-order valence-corrected chi connectivity index (χ1v) is 7.65. The van der Waals surface area contributed by atoms with Gasteiger partial charge in [-0.3, -0.25) is 9.59 Å². The fraction of sp³-hybridized carbons (Fsp3) is 0.167. The van der Waals surface area contributed by atoms with Crippen molar-refractivity contribution in [2.45, 2.75) is 20.0 Å². The van der Waals surface area contributed by atoms with E-state index < -0.39 is 17.6 Å². The van der Waals surface area contributed by atoms with E-state index in [1.165, 1.54) is 18.2 Å². The van der Waals surface area contributed by atoms with E-state index in [9.17, 15) is 22.8 Å². The van der Waals surface area contributed by atoms with Gasteiger partial charge >= 0.3 is 12.1 Å². The van der Waals surface area contributed by atoms with Gasteiger partial charge in [0.25, 0.3) is 5.56 Å². The number of aryl methyl sites for hydroxylation is 2. The molecule has 0 atom stereocenters. The number of H-pyrrole nitrogens is 1. The number of fused-ring (bicyclic) bond motifs is 1. The van der Waals surface area contributed by atoms with Crippen molar-refractivity contribution in [2.75, 3.05) is 5.32 Å². The van der Waals surface area contributed by atoms with Crippen LogP contribution in [0.1, 0.15) is 11.1 Å². The molecule has 1 aromatic heterocycles. The van der Waals surface area contributed by atoms with Gasteiger partial charge in [-0.1, -0.05) is 17.7 Å². The SMILES string of the molecule is Cc1ccc(NC(=O)C(F)(F)F)c(-c2nc3ccc(C)cc3[nH]c2=O)c1. The second-order valence-electron chi connectivity index (χ2n) is 5.94. The summed E-state index contributed by atoms with van der Waals surface area (Å²) >= 11 is 0. The number of halogens is 3. The van der Waals surface area contributed by atoms with Crippen molar-refractivity contribution < 1.29 is 18.0 Å². The van der Waals surface area contributed by atoms with E-state index in [2.05, 4.69) is 9.97 Å². The summed E-state index contributed by atoms with van der Waals surface area (Å²) in [5.74, 6) is -2.12.